The second kappa shape index (κ2) is 4.13. The van der Waals surface area contributed by atoms with Gasteiger partial charge in [0, 0.05) is 13.5 Å². The molecule has 1 aromatic heterocycles. The predicted octanol–water partition coefficient (Wildman–Crippen LogP) is 0.511. The summed E-state index contributed by atoms with van der Waals surface area (Å²) < 4.78 is 7.15. The first-order valence-electron chi connectivity index (χ1n) is 3.93. The zero-order valence-electron chi connectivity index (χ0n) is 7.13. The van der Waals surface area contributed by atoms with Crippen molar-refractivity contribution in [3.63, 3.8) is 0 Å². The lowest BCUT2D eigenvalue weighted by molar-refractivity contribution is -0.704. The van der Waals surface area contributed by atoms with Gasteiger partial charge in [-0.2, -0.15) is 0 Å². The number of aryl methyl sites for hydroxylation is 1. The van der Waals surface area contributed by atoms with Crippen LogP contribution in [0.5, 0.6) is 0 Å². The van der Waals surface area contributed by atoms with E-state index in [4.69, 9.17) is 4.74 Å². The van der Waals surface area contributed by atoms with E-state index in [0.717, 1.165) is 19.6 Å². The number of nitrogens with one attached hydrogen (secondary N) is 1. The lowest BCUT2D eigenvalue weighted by Gasteiger charge is -1.96. The lowest BCUT2D eigenvalue weighted by Crippen LogP contribution is -2.37. The maximum absolute atomic E-state index is 4.98. The highest BCUT2D eigenvalue weighted by Gasteiger charge is 2.05. The van der Waals surface area contributed by atoms with Crippen LogP contribution in [0, 0.1) is 0 Å². The molecule has 0 saturated carbocycles. The molecule has 11 heavy (non-hydrogen) atoms. The summed E-state index contributed by atoms with van der Waals surface area (Å²) >= 11 is 0. The zero-order valence-corrected chi connectivity index (χ0v) is 7.13. The van der Waals surface area contributed by atoms with Crippen LogP contribution in [-0.2, 0) is 17.7 Å². The largest absolute Gasteiger partial charge is 0.381 e. The van der Waals surface area contributed by atoms with Crippen molar-refractivity contribution in [2.75, 3.05) is 13.7 Å². The molecular formula is C8H15N2O+. The Kier molecular flexibility index (Phi) is 3.11. The summed E-state index contributed by atoms with van der Waals surface area (Å²) in [4.78, 5) is 3.17. The minimum atomic E-state index is 0.773. The molecule has 1 rings (SSSR count). The Labute approximate surface area is 67.0 Å². The Hall–Kier alpha value is -0.830. The molecule has 0 aliphatic rings. The number of aromatic nitrogens is 2. The summed E-state index contributed by atoms with van der Waals surface area (Å²) in [5, 5.41) is 0. The highest BCUT2D eigenvalue weighted by molar-refractivity contribution is 4.74. The van der Waals surface area contributed by atoms with E-state index in [1.807, 2.05) is 12.4 Å². The van der Waals surface area contributed by atoms with E-state index in [-0.39, 0.29) is 0 Å². The number of rotatable bonds is 4. The average molecular weight is 155 g/mol. The van der Waals surface area contributed by atoms with Gasteiger partial charge in [-0.15, -0.1) is 0 Å². The summed E-state index contributed by atoms with van der Waals surface area (Å²) in [6.45, 7) is 3.84. The standard InChI is InChI=1S/C8H14N2O/c1-3-8-9-4-5-10(8)6-7-11-2/h4-5H,3,6-7H2,1-2H3/p+1. The molecule has 3 nitrogen and oxygen atoms in total. The van der Waals surface area contributed by atoms with Gasteiger partial charge in [0.05, 0.1) is 6.61 Å². The van der Waals surface area contributed by atoms with E-state index in [1.54, 1.807) is 7.11 Å². The van der Waals surface area contributed by atoms with Gasteiger partial charge in [-0.3, -0.25) is 0 Å². The molecule has 0 unspecified atom stereocenters. The molecule has 62 valence electrons. The fraction of sp³-hybridized carbons (Fsp3) is 0.625. The molecule has 0 amide bonds. The number of H-pyrrole nitrogens is 1. The van der Waals surface area contributed by atoms with Crippen molar-refractivity contribution in [2.24, 2.45) is 0 Å². The van der Waals surface area contributed by atoms with Gasteiger partial charge in [-0.05, 0) is 0 Å². The third-order valence-electron chi connectivity index (χ3n) is 1.72. The fourth-order valence-electron chi connectivity index (χ4n) is 1.10. The van der Waals surface area contributed by atoms with Crippen LogP contribution < -0.4 is 4.57 Å². The van der Waals surface area contributed by atoms with Gasteiger partial charge < -0.3 is 4.74 Å². The number of aromatic amines is 1. The fourth-order valence-corrected chi connectivity index (χ4v) is 1.10. The number of hydrogen-bond acceptors (Lipinski definition) is 1. The molecule has 0 aliphatic heterocycles. The minimum Gasteiger partial charge on any atom is -0.381 e. The van der Waals surface area contributed by atoms with E-state index < -0.39 is 0 Å². The monoisotopic (exact) mass is 155 g/mol. The molecule has 0 aliphatic carbocycles. The minimum absolute atomic E-state index is 0.773. The Balaban J connectivity index is 2.54. The SMILES string of the molecule is CCc1[nH]cc[n+]1CCOC. The van der Waals surface area contributed by atoms with E-state index in [2.05, 4.69) is 16.5 Å². The number of methoxy groups -OCH3 is 1. The lowest BCUT2D eigenvalue weighted by atomic mass is 10.4. The van der Waals surface area contributed by atoms with Gasteiger partial charge in [0.15, 0.2) is 0 Å². The van der Waals surface area contributed by atoms with Crippen LogP contribution in [0.4, 0.5) is 0 Å². The summed E-state index contributed by atoms with van der Waals surface area (Å²) in [6, 6.07) is 0. The summed E-state index contributed by atoms with van der Waals surface area (Å²) in [5.41, 5.74) is 0. The number of ether oxygens (including phenoxy) is 1. The Morgan fingerprint density at radius 3 is 3.09 bits per heavy atom. The van der Waals surface area contributed by atoms with Crippen molar-refractivity contribution in [2.45, 2.75) is 19.9 Å². The zero-order chi connectivity index (χ0) is 8.10. The van der Waals surface area contributed by atoms with Crippen LogP contribution in [0.2, 0.25) is 0 Å². The van der Waals surface area contributed by atoms with Crippen molar-refractivity contribution >= 4 is 0 Å². The van der Waals surface area contributed by atoms with Gasteiger partial charge in [-0.25, -0.2) is 9.55 Å². The summed E-state index contributed by atoms with van der Waals surface area (Å²) in [7, 11) is 1.72. The number of hydrogen-bond donors (Lipinski definition) is 1. The third kappa shape index (κ3) is 2.05. The molecule has 0 atom stereocenters. The maximum Gasteiger partial charge on any atom is 0.253 e. The highest BCUT2D eigenvalue weighted by Crippen LogP contribution is 1.86. The molecule has 3 heteroatoms. The van der Waals surface area contributed by atoms with Gasteiger partial charge in [0.25, 0.3) is 5.82 Å². The van der Waals surface area contributed by atoms with Crippen LogP contribution in [0.15, 0.2) is 12.4 Å². The second-order valence-electron chi connectivity index (χ2n) is 2.45. The van der Waals surface area contributed by atoms with E-state index in [0.29, 0.717) is 0 Å². The quantitative estimate of drug-likeness (QED) is 0.631. The predicted molar refractivity (Wildman–Crippen MR) is 42.2 cm³/mol. The Morgan fingerprint density at radius 1 is 1.64 bits per heavy atom. The van der Waals surface area contributed by atoms with Crippen molar-refractivity contribution < 1.29 is 9.30 Å². The van der Waals surface area contributed by atoms with Gasteiger partial charge in [0.1, 0.15) is 18.9 Å². The Bertz CT molecular complexity index is 208. The van der Waals surface area contributed by atoms with Crippen LogP contribution >= 0.6 is 0 Å². The number of imidazole rings is 1. The summed E-state index contributed by atoms with van der Waals surface area (Å²) in [6.07, 6.45) is 5.03. The molecule has 0 spiro atoms. The van der Waals surface area contributed by atoms with Crippen LogP contribution in [0.3, 0.4) is 0 Å². The molecule has 1 aromatic rings. The average Bonchev–Trinajstić information content (AvgIpc) is 2.47. The van der Waals surface area contributed by atoms with Crippen LogP contribution in [-0.4, -0.2) is 18.7 Å². The summed E-state index contributed by atoms with van der Waals surface area (Å²) in [5.74, 6) is 1.25. The molecule has 0 radical (unpaired) electrons. The first-order valence-corrected chi connectivity index (χ1v) is 3.93. The first-order chi connectivity index (χ1) is 5.38. The molecule has 0 fully saturated rings. The topological polar surface area (TPSA) is 28.9 Å². The van der Waals surface area contributed by atoms with Crippen molar-refractivity contribution in [1.29, 1.82) is 0 Å². The van der Waals surface area contributed by atoms with E-state index >= 15 is 0 Å². The van der Waals surface area contributed by atoms with E-state index in [9.17, 15) is 0 Å². The number of nitrogens with zero attached hydrogens (tertiary/aromatic N) is 1. The van der Waals surface area contributed by atoms with Crippen molar-refractivity contribution in [1.82, 2.24) is 4.98 Å². The smallest absolute Gasteiger partial charge is 0.253 e. The molecule has 0 aromatic carbocycles. The van der Waals surface area contributed by atoms with Crippen LogP contribution in [0.1, 0.15) is 12.7 Å². The van der Waals surface area contributed by atoms with Gasteiger partial charge in [-0.1, -0.05) is 6.92 Å². The molecular weight excluding hydrogens is 140 g/mol. The van der Waals surface area contributed by atoms with Crippen molar-refractivity contribution in [3.8, 4) is 0 Å². The normalized spacial score (nSPS) is 10.4. The van der Waals surface area contributed by atoms with Gasteiger partial charge >= 0.3 is 0 Å². The maximum atomic E-state index is 4.98. The third-order valence-corrected chi connectivity index (χ3v) is 1.72. The highest BCUT2D eigenvalue weighted by atomic mass is 16.5. The Morgan fingerprint density at radius 2 is 2.45 bits per heavy atom. The molecule has 1 heterocycles. The first kappa shape index (κ1) is 8.27. The molecule has 0 saturated heterocycles. The van der Waals surface area contributed by atoms with Gasteiger partial charge in [0.2, 0.25) is 0 Å². The van der Waals surface area contributed by atoms with Crippen molar-refractivity contribution in [3.05, 3.63) is 18.2 Å². The molecule has 0 bridgehead atoms. The van der Waals surface area contributed by atoms with E-state index in [1.165, 1.54) is 5.82 Å². The second-order valence-corrected chi connectivity index (χ2v) is 2.45. The van der Waals surface area contributed by atoms with Crippen LogP contribution in [0.25, 0.3) is 0 Å². The molecule has 1 N–H and O–H groups in total.